The summed E-state index contributed by atoms with van der Waals surface area (Å²) in [5.41, 5.74) is 0. The summed E-state index contributed by atoms with van der Waals surface area (Å²) in [5, 5.41) is 13.5. The average Bonchev–Trinajstić information content (AvgIpc) is 3.06. The molecule has 0 radical (unpaired) electrons. The number of aliphatic carboxylic acids is 1. The van der Waals surface area contributed by atoms with E-state index in [1.165, 1.54) is 4.90 Å². The van der Waals surface area contributed by atoms with E-state index >= 15 is 0 Å². The highest BCUT2D eigenvalue weighted by Gasteiger charge is 2.33. The first-order valence-corrected chi connectivity index (χ1v) is 7.22. The Labute approximate surface area is 117 Å². The second-order valence-electron chi connectivity index (χ2n) is 4.14. The van der Waals surface area contributed by atoms with Crippen LogP contribution in [0.5, 0.6) is 0 Å². The zero-order valence-corrected chi connectivity index (χ0v) is 12.0. The average molecular weight is 333 g/mol. The number of halogens is 1. The van der Waals surface area contributed by atoms with Crippen molar-refractivity contribution in [3.63, 3.8) is 0 Å². The van der Waals surface area contributed by atoms with E-state index in [4.69, 9.17) is 5.11 Å². The molecule has 1 aliphatic rings. The van der Waals surface area contributed by atoms with Crippen molar-refractivity contribution in [3.05, 3.63) is 20.8 Å². The summed E-state index contributed by atoms with van der Waals surface area (Å²) in [6.45, 7) is 0.197. The van der Waals surface area contributed by atoms with E-state index in [9.17, 15) is 9.59 Å². The van der Waals surface area contributed by atoms with Gasteiger partial charge in [0.25, 0.3) is 0 Å². The monoisotopic (exact) mass is 332 g/mol. The van der Waals surface area contributed by atoms with Crippen molar-refractivity contribution in [1.82, 2.24) is 10.2 Å². The van der Waals surface area contributed by atoms with Gasteiger partial charge in [0.1, 0.15) is 6.54 Å². The summed E-state index contributed by atoms with van der Waals surface area (Å²) in [6.07, 6.45) is 1.79. The Balaban J connectivity index is 1.87. The summed E-state index contributed by atoms with van der Waals surface area (Å²) in [6, 6.07) is 1.73. The summed E-state index contributed by atoms with van der Waals surface area (Å²) in [7, 11) is 0. The van der Waals surface area contributed by atoms with Crippen molar-refractivity contribution < 1.29 is 14.7 Å². The molecule has 0 unspecified atom stereocenters. The highest BCUT2D eigenvalue weighted by molar-refractivity contribution is 9.10. The molecule has 1 aromatic rings. The largest absolute Gasteiger partial charge is 0.480 e. The van der Waals surface area contributed by atoms with Gasteiger partial charge in [-0.05, 0) is 34.8 Å². The van der Waals surface area contributed by atoms with Gasteiger partial charge in [0.2, 0.25) is 0 Å². The Morgan fingerprint density at radius 2 is 2.28 bits per heavy atom. The van der Waals surface area contributed by atoms with Gasteiger partial charge < -0.3 is 15.3 Å². The number of nitrogens with zero attached hydrogens (tertiary/aromatic N) is 1. The van der Waals surface area contributed by atoms with E-state index in [0.717, 1.165) is 22.2 Å². The zero-order valence-electron chi connectivity index (χ0n) is 9.56. The Morgan fingerprint density at radius 1 is 1.56 bits per heavy atom. The molecular formula is C11H13BrN2O3S. The third kappa shape index (κ3) is 3.71. The number of carbonyl (C=O) groups is 2. The quantitative estimate of drug-likeness (QED) is 0.868. The summed E-state index contributed by atoms with van der Waals surface area (Å²) < 4.78 is 0.987. The second-order valence-corrected chi connectivity index (χ2v) is 6.05. The van der Waals surface area contributed by atoms with Crippen LogP contribution in [-0.4, -0.2) is 34.6 Å². The molecule has 1 saturated carbocycles. The number of urea groups is 1. The van der Waals surface area contributed by atoms with E-state index in [-0.39, 0.29) is 18.6 Å². The van der Waals surface area contributed by atoms with Crippen molar-refractivity contribution in [2.75, 3.05) is 6.54 Å². The smallest absolute Gasteiger partial charge is 0.323 e. The van der Waals surface area contributed by atoms with Gasteiger partial charge in [0, 0.05) is 20.8 Å². The molecule has 0 atom stereocenters. The van der Waals surface area contributed by atoms with Crippen LogP contribution in [0, 0.1) is 0 Å². The molecule has 1 fully saturated rings. The van der Waals surface area contributed by atoms with Crippen LogP contribution in [0.2, 0.25) is 0 Å². The molecule has 1 aliphatic carbocycles. The summed E-state index contributed by atoms with van der Waals surface area (Å²) in [4.78, 5) is 25.0. The predicted octanol–water partition coefficient (Wildman–Crippen LogP) is 2.27. The van der Waals surface area contributed by atoms with Crippen molar-refractivity contribution in [3.8, 4) is 0 Å². The fraction of sp³-hybridized carbons (Fsp3) is 0.455. The lowest BCUT2D eigenvalue weighted by Crippen LogP contribution is -2.43. The van der Waals surface area contributed by atoms with Gasteiger partial charge in [-0.3, -0.25) is 4.79 Å². The van der Waals surface area contributed by atoms with Crippen LogP contribution in [-0.2, 0) is 11.3 Å². The molecule has 7 heteroatoms. The molecule has 0 aromatic carbocycles. The lowest BCUT2D eigenvalue weighted by molar-refractivity contribution is -0.137. The van der Waals surface area contributed by atoms with Crippen LogP contribution in [0.3, 0.4) is 0 Å². The first kappa shape index (κ1) is 13.4. The van der Waals surface area contributed by atoms with E-state index in [2.05, 4.69) is 21.2 Å². The topological polar surface area (TPSA) is 69.6 Å². The van der Waals surface area contributed by atoms with Gasteiger partial charge in [0.15, 0.2) is 0 Å². The van der Waals surface area contributed by atoms with E-state index in [0.29, 0.717) is 6.54 Å². The third-order valence-corrected chi connectivity index (χ3v) is 4.29. The Morgan fingerprint density at radius 3 is 2.78 bits per heavy atom. The van der Waals surface area contributed by atoms with Crippen LogP contribution in [0.4, 0.5) is 4.79 Å². The van der Waals surface area contributed by atoms with Crippen LogP contribution in [0.25, 0.3) is 0 Å². The number of carbonyl (C=O) groups excluding carboxylic acids is 1. The standard InChI is InChI=1S/C11H13BrN2O3S/c12-7-3-9(18-6-7)4-13-11(17)14(5-10(15)16)8-1-2-8/h3,6,8H,1-2,4-5H2,(H,13,17)(H,15,16). The SMILES string of the molecule is O=C(O)CN(C(=O)NCc1cc(Br)cs1)C1CC1. The molecule has 1 aromatic heterocycles. The van der Waals surface area contributed by atoms with Crippen molar-refractivity contribution in [2.24, 2.45) is 0 Å². The van der Waals surface area contributed by atoms with Crippen LogP contribution in [0.15, 0.2) is 15.9 Å². The van der Waals surface area contributed by atoms with Crippen LogP contribution in [0.1, 0.15) is 17.7 Å². The maximum atomic E-state index is 11.9. The molecule has 0 aliphatic heterocycles. The minimum absolute atomic E-state index is 0.0937. The molecule has 0 spiro atoms. The van der Waals surface area contributed by atoms with E-state index < -0.39 is 5.97 Å². The molecule has 0 saturated heterocycles. The Bertz CT molecular complexity index is 459. The van der Waals surface area contributed by atoms with Gasteiger partial charge in [-0.1, -0.05) is 0 Å². The molecular weight excluding hydrogens is 320 g/mol. The van der Waals surface area contributed by atoms with Gasteiger partial charge in [-0.15, -0.1) is 11.3 Å². The van der Waals surface area contributed by atoms with Crippen molar-refractivity contribution in [2.45, 2.75) is 25.4 Å². The maximum absolute atomic E-state index is 11.9. The molecule has 2 N–H and O–H groups in total. The second kappa shape index (κ2) is 5.71. The maximum Gasteiger partial charge on any atom is 0.323 e. The first-order valence-electron chi connectivity index (χ1n) is 5.55. The van der Waals surface area contributed by atoms with Crippen LogP contribution >= 0.6 is 27.3 Å². The number of amides is 2. The molecule has 2 rings (SSSR count). The molecule has 2 amide bonds. The van der Waals surface area contributed by atoms with Gasteiger partial charge in [0.05, 0.1) is 6.54 Å². The molecule has 0 bridgehead atoms. The number of nitrogens with one attached hydrogen (secondary N) is 1. The lowest BCUT2D eigenvalue weighted by atomic mass is 10.4. The fourth-order valence-corrected chi connectivity index (χ4v) is 3.00. The number of hydrogen-bond donors (Lipinski definition) is 2. The van der Waals surface area contributed by atoms with Crippen LogP contribution < -0.4 is 5.32 Å². The molecule has 98 valence electrons. The predicted molar refractivity (Wildman–Crippen MR) is 71.6 cm³/mol. The number of carboxylic acid groups (broad SMARTS) is 1. The number of carboxylic acids is 1. The van der Waals surface area contributed by atoms with E-state index in [1.807, 2.05) is 11.4 Å². The number of rotatable bonds is 5. The highest BCUT2D eigenvalue weighted by Crippen LogP contribution is 2.26. The Kier molecular flexibility index (Phi) is 4.23. The molecule has 18 heavy (non-hydrogen) atoms. The van der Waals surface area contributed by atoms with Gasteiger partial charge in [-0.2, -0.15) is 0 Å². The highest BCUT2D eigenvalue weighted by atomic mass is 79.9. The number of hydrogen-bond acceptors (Lipinski definition) is 3. The summed E-state index contributed by atoms with van der Waals surface area (Å²) >= 11 is 4.89. The first-order chi connectivity index (χ1) is 8.56. The third-order valence-electron chi connectivity index (χ3n) is 2.59. The lowest BCUT2D eigenvalue weighted by Gasteiger charge is -2.20. The van der Waals surface area contributed by atoms with Crippen molar-refractivity contribution in [1.29, 1.82) is 0 Å². The fourth-order valence-electron chi connectivity index (χ4n) is 1.61. The van der Waals surface area contributed by atoms with Crippen molar-refractivity contribution >= 4 is 39.3 Å². The summed E-state index contributed by atoms with van der Waals surface area (Å²) in [5.74, 6) is -0.976. The van der Waals surface area contributed by atoms with Gasteiger partial charge in [-0.25, -0.2) is 4.79 Å². The minimum atomic E-state index is -0.976. The molecule has 1 heterocycles. The normalized spacial score (nSPS) is 14.3. The van der Waals surface area contributed by atoms with Gasteiger partial charge >= 0.3 is 12.0 Å². The zero-order chi connectivity index (χ0) is 13.1. The minimum Gasteiger partial charge on any atom is -0.480 e. The molecule has 5 nitrogen and oxygen atoms in total. The number of thiophene rings is 1. The van der Waals surface area contributed by atoms with E-state index in [1.54, 1.807) is 11.3 Å². The Hall–Kier alpha value is -1.08.